The van der Waals surface area contributed by atoms with E-state index in [4.69, 9.17) is 12.6 Å². The highest BCUT2D eigenvalue weighted by Crippen LogP contribution is 2.59. The molecule has 0 aromatic carbocycles. The fourth-order valence-corrected chi connectivity index (χ4v) is 7.05. The van der Waals surface area contributed by atoms with E-state index in [1.54, 1.807) is 6.92 Å². The van der Waals surface area contributed by atoms with Gasteiger partial charge in [-0.05, 0) is 93.1 Å². The van der Waals surface area contributed by atoms with E-state index in [0.717, 1.165) is 30.4 Å². The molecular formula is C25H40O3S2. The van der Waals surface area contributed by atoms with Gasteiger partial charge < -0.3 is 15.3 Å². The van der Waals surface area contributed by atoms with Crippen LogP contribution in [0.3, 0.4) is 0 Å². The standard InChI is InChI=1S/C25H40O3S2/c1-16-18(14-19(26)15-22(16)27)9-8-17-6-4-12-24(2)20(17)10-11-21(24)23(29)7-5-13-25(3,28)30/h8-9,19-23,26-30H,1,4-7,10-15H2,2-3H3/b17-8+,18-9-/t19-,20+,21-,22+,23-,24+,25?/m1/s1. The average molecular weight is 453 g/mol. The van der Waals surface area contributed by atoms with E-state index < -0.39 is 17.1 Å². The number of aliphatic hydroxyl groups is 3. The van der Waals surface area contributed by atoms with Crippen LogP contribution in [-0.2, 0) is 0 Å². The maximum Gasteiger partial charge on any atom is 0.104 e. The largest absolute Gasteiger partial charge is 0.393 e. The van der Waals surface area contributed by atoms with Gasteiger partial charge >= 0.3 is 0 Å². The van der Waals surface area contributed by atoms with Crippen LogP contribution in [-0.4, -0.2) is 37.7 Å². The van der Waals surface area contributed by atoms with Gasteiger partial charge in [0.2, 0.25) is 0 Å². The topological polar surface area (TPSA) is 60.7 Å². The third-order valence-corrected chi connectivity index (χ3v) is 8.76. The van der Waals surface area contributed by atoms with Crippen molar-refractivity contribution in [2.24, 2.45) is 17.3 Å². The van der Waals surface area contributed by atoms with Crippen LogP contribution >= 0.6 is 25.3 Å². The zero-order valence-corrected chi connectivity index (χ0v) is 20.3. The van der Waals surface area contributed by atoms with Crippen LogP contribution in [0.4, 0.5) is 0 Å². The summed E-state index contributed by atoms with van der Waals surface area (Å²) in [5, 5.41) is 30.4. The van der Waals surface area contributed by atoms with Gasteiger partial charge in [-0.3, -0.25) is 0 Å². The minimum atomic E-state index is -0.895. The number of fused-ring (bicyclic) bond motifs is 1. The Bertz CT molecular complexity index is 693. The van der Waals surface area contributed by atoms with Crippen molar-refractivity contribution in [3.8, 4) is 0 Å². The summed E-state index contributed by atoms with van der Waals surface area (Å²) in [5.41, 5.74) is 3.54. The van der Waals surface area contributed by atoms with E-state index >= 15 is 0 Å². The number of aliphatic hydroxyl groups excluding tert-OH is 2. The molecule has 3 N–H and O–H groups in total. The number of hydrogen-bond acceptors (Lipinski definition) is 5. The second kappa shape index (κ2) is 9.74. The second-order valence-electron chi connectivity index (χ2n) is 10.3. The van der Waals surface area contributed by atoms with Gasteiger partial charge in [-0.2, -0.15) is 12.6 Å². The van der Waals surface area contributed by atoms with Crippen molar-refractivity contribution in [1.82, 2.24) is 0 Å². The normalized spacial score (nSPS) is 40.4. The van der Waals surface area contributed by atoms with Crippen LogP contribution in [0.2, 0.25) is 0 Å². The van der Waals surface area contributed by atoms with Gasteiger partial charge in [0.15, 0.2) is 0 Å². The maximum atomic E-state index is 10.1. The first-order valence-corrected chi connectivity index (χ1v) is 12.6. The third kappa shape index (κ3) is 5.58. The fourth-order valence-electron chi connectivity index (χ4n) is 6.22. The third-order valence-electron chi connectivity index (χ3n) is 7.92. The molecule has 5 heteroatoms. The molecule has 30 heavy (non-hydrogen) atoms. The summed E-state index contributed by atoms with van der Waals surface area (Å²) in [4.78, 5) is -0.895. The summed E-state index contributed by atoms with van der Waals surface area (Å²) in [7, 11) is 0. The Balaban J connectivity index is 1.70. The quantitative estimate of drug-likeness (QED) is 0.283. The van der Waals surface area contributed by atoms with E-state index in [-0.39, 0.29) is 5.41 Å². The lowest BCUT2D eigenvalue weighted by Crippen LogP contribution is -2.37. The molecule has 0 bridgehead atoms. The number of hydrogen-bond donors (Lipinski definition) is 5. The lowest BCUT2D eigenvalue weighted by atomic mass is 9.62. The fraction of sp³-hybridized carbons (Fsp3) is 0.760. The Morgan fingerprint density at radius 2 is 2.03 bits per heavy atom. The summed E-state index contributed by atoms with van der Waals surface area (Å²) < 4.78 is 0. The first kappa shape index (κ1) is 24.4. The predicted octanol–water partition coefficient (Wildman–Crippen LogP) is 5.23. The molecule has 170 valence electrons. The van der Waals surface area contributed by atoms with Crippen molar-refractivity contribution in [3.63, 3.8) is 0 Å². The highest BCUT2D eigenvalue weighted by Gasteiger charge is 2.50. The number of allylic oxidation sites excluding steroid dienone is 3. The average Bonchev–Trinajstić information content (AvgIpc) is 3.00. The summed E-state index contributed by atoms with van der Waals surface area (Å²) in [5.74, 6) is 1.18. The summed E-state index contributed by atoms with van der Waals surface area (Å²) in [6.07, 6.45) is 12.9. The summed E-state index contributed by atoms with van der Waals surface area (Å²) in [6.45, 7) is 8.25. The SMILES string of the molecule is C=C1/C(=C\C=C2/CCC[C@]3(C)[C@@H]([C@H](S)CCCC(C)(O)S)CC[C@@H]23)C[C@@H](O)C[C@@H]1O. The van der Waals surface area contributed by atoms with Crippen molar-refractivity contribution < 1.29 is 15.3 Å². The van der Waals surface area contributed by atoms with Gasteiger partial charge in [0.25, 0.3) is 0 Å². The van der Waals surface area contributed by atoms with E-state index in [9.17, 15) is 15.3 Å². The van der Waals surface area contributed by atoms with Crippen LogP contribution in [0.25, 0.3) is 0 Å². The van der Waals surface area contributed by atoms with Crippen LogP contribution < -0.4 is 0 Å². The van der Waals surface area contributed by atoms with Gasteiger partial charge in [0.1, 0.15) is 4.93 Å². The van der Waals surface area contributed by atoms with Crippen LogP contribution in [0, 0.1) is 17.3 Å². The molecule has 0 aromatic heterocycles. The van der Waals surface area contributed by atoms with E-state index in [1.165, 1.54) is 31.3 Å². The molecule has 3 saturated carbocycles. The maximum absolute atomic E-state index is 10.1. The van der Waals surface area contributed by atoms with Crippen LogP contribution in [0.1, 0.15) is 78.1 Å². The molecule has 0 saturated heterocycles. The zero-order valence-electron chi connectivity index (χ0n) is 18.6. The summed E-state index contributed by atoms with van der Waals surface area (Å²) >= 11 is 9.25. The van der Waals surface area contributed by atoms with Crippen LogP contribution in [0.15, 0.2) is 35.5 Å². The van der Waals surface area contributed by atoms with E-state index in [1.807, 2.05) is 0 Å². The molecule has 0 amide bonds. The Labute approximate surface area is 193 Å². The highest BCUT2D eigenvalue weighted by atomic mass is 32.1. The lowest BCUT2D eigenvalue weighted by Gasteiger charge is -2.44. The van der Waals surface area contributed by atoms with Crippen LogP contribution in [0.5, 0.6) is 0 Å². The molecule has 0 radical (unpaired) electrons. The molecule has 3 nitrogen and oxygen atoms in total. The molecule has 0 spiro atoms. The molecule has 0 aliphatic heterocycles. The number of thiol groups is 2. The van der Waals surface area contributed by atoms with Crippen molar-refractivity contribution >= 4 is 25.3 Å². The molecule has 3 fully saturated rings. The van der Waals surface area contributed by atoms with Crippen molar-refractivity contribution in [2.45, 2.75) is 100 Å². The van der Waals surface area contributed by atoms with Gasteiger partial charge in [0, 0.05) is 11.7 Å². The Morgan fingerprint density at radius 1 is 1.30 bits per heavy atom. The van der Waals surface area contributed by atoms with Gasteiger partial charge in [-0.15, -0.1) is 12.6 Å². The zero-order chi connectivity index (χ0) is 22.1. The minimum absolute atomic E-state index is 0.279. The minimum Gasteiger partial charge on any atom is -0.393 e. The number of rotatable bonds is 6. The lowest BCUT2D eigenvalue weighted by molar-refractivity contribution is 0.0862. The summed E-state index contributed by atoms with van der Waals surface area (Å²) in [6, 6.07) is 0. The van der Waals surface area contributed by atoms with E-state index in [0.29, 0.717) is 36.3 Å². The van der Waals surface area contributed by atoms with E-state index in [2.05, 4.69) is 38.3 Å². The molecule has 0 aromatic rings. The molecular weight excluding hydrogens is 412 g/mol. The highest BCUT2D eigenvalue weighted by molar-refractivity contribution is 7.81. The van der Waals surface area contributed by atoms with Crippen molar-refractivity contribution in [3.05, 3.63) is 35.5 Å². The molecule has 3 aliphatic rings. The molecule has 0 heterocycles. The first-order chi connectivity index (χ1) is 14.0. The van der Waals surface area contributed by atoms with Gasteiger partial charge in [-0.25, -0.2) is 0 Å². The van der Waals surface area contributed by atoms with Gasteiger partial charge in [-0.1, -0.05) is 31.2 Å². The first-order valence-electron chi connectivity index (χ1n) is 11.6. The second-order valence-corrected chi connectivity index (χ2v) is 12.0. The van der Waals surface area contributed by atoms with Crippen molar-refractivity contribution in [2.75, 3.05) is 0 Å². The molecule has 3 aliphatic carbocycles. The smallest absolute Gasteiger partial charge is 0.104 e. The Morgan fingerprint density at radius 3 is 2.73 bits per heavy atom. The molecule has 7 atom stereocenters. The molecule has 3 rings (SSSR count). The van der Waals surface area contributed by atoms with Crippen molar-refractivity contribution in [1.29, 1.82) is 0 Å². The Hall–Kier alpha value is -0.200. The van der Waals surface area contributed by atoms with Gasteiger partial charge in [0.05, 0.1) is 12.2 Å². The monoisotopic (exact) mass is 452 g/mol. The molecule has 1 unspecified atom stereocenters. The Kier molecular flexibility index (Phi) is 7.94. The predicted molar refractivity (Wildman–Crippen MR) is 131 cm³/mol.